The summed E-state index contributed by atoms with van der Waals surface area (Å²) in [6.45, 7) is 29.1. The van der Waals surface area contributed by atoms with Crippen LogP contribution in [0.4, 0.5) is 0 Å². The highest BCUT2D eigenvalue weighted by Gasteiger charge is 2.70. The fourth-order valence-electron chi connectivity index (χ4n) is 19.6. The Morgan fingerprint density at radius 1 is 0.553 bits per heavy atom. The number of allylic oxidation sites excluding steroid dienone is 8. The van der Waals surface area contributed by atoms with Gasteiger partial charge < -0.3 is 30.1 Å². The Morgan fingerprint density at radius 2 is 0.947 bits per heavy atom. The molecular weight excluding hydrogens is 957 g/mol. The summed E-state index contributed by atoms with van der Waals surface area (Å²) in [5.74, 6) is 0.149. The minimum absolute atomic E-state index is 0.0166. The Hall–Kier alpha value is -3.52. The number of morpholine rings is 1. The average Bonchev–Trinajstić information content (AvgIpc) is 3.58. The number of aliphatic hydroxyl groups excluding tert-OH is 4. The SMILES string of the molecule is C[C@@]1(C(=O)N2CCOCC2)CC[C@]2(C)CC[C@]3(C)C4=CC=C5C(=CC(=O)[C@H](O)[C@@]5(C)CO)[C@]4(C)CC[C@@]3(C)[C@@H]2C1.C[C@@]1(C(=O)NO)CC[C@]2(C)CC[C@]3(C)C4=CC=C5C(=CC(=O)[C@H](O)[C@@]5(C)CO)[C@]4(C)CC[C@@]3(C)[C@@H]2C1. The molecule has 0 aromatic carbocycles. The van der Waals surface area contributed by atoms with Crippen molar-refractivity contribution in [3.8, 4) is 0 Å². The number of ketones is 2. The van der Waals surface area contributed by atoms with E-state index >= 15 is 0 Å². The van der Waals surface area contributed by atoms with E-state index in [0.29, 0.717) is 44.0 Å². The van der Waals surface area contributed by atoms with E-state index < -0.39 is 28.5 Å². The number of hydrogen-bond acceptors (Lipinski definition) is 10. The first-order chi connectivity index (χ1) is 35.3. The fraction of sp³-hybridized carbons (Fsp3) is 0.750. The predicted molar refractivity (Wildman–Crippen MR) is 291 cm³/mol. The molecule has 6 saturated carbocycles. The number of carbonyl (C=O) groups excluding carboxylic acids is 4. The van der Waals surface area contributed by atoms with Crippen LogP contribution < -0.4 is 5.48 Å². The third-order valence-corrected chi connectivity index (χ3v) is 25.9. The summed E-state index contributed by atoms with van der Waals surface area (Å²) in [7, 11) is 0. The van der Waals surface area contributed by atoms with E-state index in [-0.39, 0.29) is 79.4 Å². The molecule has 2 amide bonds. The Labute approximate surface area is 453 Å². The van der Waals surface area contributed by atoms with Crippen molar-refractivity contribution in [3.05, 3.63) is 69.9 Å². The maximum absolute atomic E-state index is 14.0. The van der Waals surface area contributed by atoms with Crippen LogP contribution in [0.5, 0.6) is 0 Å². The summed E-state index contributed by atoms with van der Waals surface area (Å²) in [6.07, 6.45) is 23.1. The van der Waals surface area contributed by atoms with E-state index in [9.17, 15) is 44.8 Å². The van der Waals surface area contributed by atoms with E-state index in [1.165, 1.54) is 11.1 Å². The summed E-state index contributed by atoms with van der Waals surface area (Å²) in [6, 6.07) is 0. The van der Waals surface area contributed by atoms with Crippen molar-refractivity contribution < 1.29 is 49.5 Å². The minimum atomic E-state index is -1.24. The van der Waals surface area contributed by atoms with E-state index in [1.54, 1.807) is 19.1 Å². The first-order valence-electron chi connectivity index (χ1n) is 29.1. The predicted octanol–water partition coefficient (Wildman–Crippen LogP) is 9.65. The highest BCUT2D eigenvalue weighted by atomic mass is 16.5. The van der Waals surface area contributed by atoms with Gasteiger partial charge >= 0.3 is 0 Å². The van der Waals surface area contributed by atoms with Crippen molar-refractivity contribution in [2.75, 3.05) is 39.5 Å². The molecule has 16 atom stereocenters. The topological polar surface area (TPSA) is 194 Å². The van der Waals surface area contributed by atoms with Gasteiger partial charge in [-0.1, -0.05) is 119 Å². The average molecular weight is 1050 g/mol. The van der Waals surface area contributed by atoms with Crippen molar-refractivity contribution in [3.63, 3.8) is 0 Å². The van der Waals surface area contributed by atoms with E-state index in [4.69, 9.17) is 4.74 Å². The van der Waals surface area contributed by atoms with Crippen LogP contribution in [0.1, 0.15) is 173 Å². The number of nitrogens with zero attached hydrogens (tertiary/aromatic N) is 1. The summed E-state index contributed by atoms with van der Waals surface area (Å²) in [5.41, 5.74) is 4.89. The highest BCUT2D eigenvalue weighted by Crippen LogP contribution is 2.78. The Kier molecular flexibility index (Phi) is 13.0. The number of rotatable bonds is 4. The summed E-state index contributed by atoms with van der Waals surface area (Å²) >= 11 is 0. The molecule has 0 unspecified atom stereocenters. The number of carbonyl (C=O) groups is 4. The number of nitrogens with one attached hydrogen (secondary N) is 1. The highest BCUT2D eigenvalue weighted by molar-refractivity contribution is 5.99. The van der Waals surface area contributed by atoms with Gasteiger partial charge in [0.2, 0.25) is 11.8 Å². The molecule has 12 heteroatoms. The van der Waals surface area contributed by atoms with Gasteiger partial charge in [0.1, 0.15) is 12.2 Å². The van der Waals surface area contributed by atoms with E-state index in [0.717, 1.165) is 112 Å². The third-order valence-electron chi connectivity index (χ3n) is 25.9. The molecule has 1 heterocycles. The van der Waals surface area contributed by atoms with Gasteiger partial charge in [-0.3, -0.25) is 24.4 Å². The second-order valence-electron chi connectivity index (χ2n) is 29.7. The maximum Gasteiger partial charge on any atom is 0.249 e. The first-order valence-corrected chi connectivity index (χ1v) is 29.1. The molecule has 418 valence electrons. The molecule has 0 aromatic rings. The van der Waals surface area contributed by atoms with Gasteiger partial charge in [-0.25, -0.2) is 5.48 Å². The number of amides is 2. The van der Waals surface area contributed by atoms with Crippen LogP contribution in [0.3, 0.4) is 0 Å². The lowest BCUT2D eigenvalue weighted by Gasteiger charge is -2.70. The summed E-state index contributed by atoms with van der Waals surface area (Å²) < 4.78 is 5.54. The Morgan fingerprint density at radius 3 is 1.36 bits per heavy atom. The quantitative estimate of drug-likeness (QED) is 0.117. The largest absolute Gasteiger partial charge is 0.395 e. The number of ether oxygens (including phenoxy) is 1. The lowest BCUT2D eigenvalue weighted by Crippen LogP contribution is -2.63. The van der Waals surface area contributed by atoms with Crippen molar-refractivity contribution in [1.29, 1.82) is 0 Å². The molecule has 0 bridgehead atoms. The fourth-order valence-corrected chi connectivity index (χ4v) is 19.6. The van der Waals surface area contributed by atoms with Crippen LogP contribution in [0, 0.1) is 76.8 Å². The molecule has 0 radical (unpaired) electrons. The number of hydroxylamine groups is 1. The first kappa shape index (κ1) is 55.8. The molecule has 7 fully saturated rings. The molecule has 11 aliphatic rings. The van der Waals surface area contributed by atoms with Crippen LogP contribution in [-0.2, 0) is 23.9 Å². The molecule has 11 rings (SSSR count). The Bertz CT molecular complexity index is 2710. The van der Waals surface area contributed by atoms with Crippen LogP contribution in [0.15, 0.2) is 69.9 Å². The standard InChI is InChI=1S/C34H49NO5.C30H43NO5/c1-29-9-10-30(2,28(39)35-15-17-40-18-16-35)20-26(29)34(6)14-12-31(3)23-19-24(37)27(38)32(4,21-36)22(23)7-8-25(31)33(34,5)13-11-29;1-25-9-10-26(2,24(35)31-36)16-22(25)30(6)14-12-27(3)19-15-20(33)23(34)28(4,17-32)18(19)7-8-21(27)29(30,5)13-11-25/h7-8,19,26-27,36,38H,9-18,20-21H2,1-6H3;7-8,15,22-23,32,34,36H,9-14,16-17H2,1-6H3,(H,31,35)/t26-,27+,29-,30-,31+,32+,33-,34+;22-,23+,25-,26-,27+,28+,29-,30+/m11/s1. The zero-order valence-electron chi connectivity index (χ0n) is 48.1. The van der Waals surface area contributed by atoms with Crippen molar-refractivity contribution >= 4 is 23.4 Å². The number of fused-ring (bicyclic) bond motifs is 14. The lowest BCUT2D eigenvalue weighted by molar-refractivity contribution is -0.176. The second-order valence-corrected chi connectivity index (χ2v) is 29.7. The Balaban J connectivity index is 0.000000174. The zero-order valence-corrected chi connectivity index (χ0v) is 48.1. The van der Waals surface area contributed by atoms with Gasteiger partial charge in [0.15, 0.2) is 11.6 Å². The van der Waals surface area contributed by atoms with Crippen molar-refractivity contribution in [1.82, 2.24) is 10.4 Å². The van der Waals surface area contributed by atoms with E-state index in [2.05, 4.69) is 80.5 Å². The zero-order chi connectivity index (χ0) is 55.5. The number of aliphatic hydroxyl groups is 4. The lowest BCUT2D eigenvalue weighted by atomic mass is 9.34. The van der Waals surface area contributed by atoms with Gasteiger partial charge in [0, 0.05) is 45.6 Å². The van der Waals surface area contributed by atoms with Gasteiger partial charge in [0.05, 0.1) is 26.4 Å². The molecule has 76 heavy (non-hydrogen) atoms. The molecular formula is C64H92N2O10. The van der Waals surface area contributed by atoms with Crippen molar-refractivity contribution in [2.45, 2.75) is 185 Å². The van der Waals surface area contributed by atoms with Crippen LogP contribution in [0.25, 0.3) is 0 Å². The van der Waals surface area contributed by atoms with Gasteiger partial charge in [-0.15, -0.1) is 0 Å². The molecule has 6 N–H and O–H groups in total. The molecule has 1 aliphatic heterocycles. The monoisotopic (exact) mass is 1050 g/mol. The summed E-state index contributed by atoms with van der Waals surface area (Å²) in [4.78, 5) is 54.7. The van der Waals surface area contributed by atoms with Gasteiger partial charge in [0.25, 0.3) is 0 Å². The van der Waals surface area contributed by atoms with Gasteiger partial charge in [-0.2, -0.15) is 0 Å². The normalized spacial score (nSPS) is 49.2. The van der Waals surface area contributed by atoms with Crippen LogP contribution in [-0.4, -0.2) is 106 Å². The van der Waals surface area contributed by atoms with Crippen molar-refractivity contribution in [2.24, 2.45) is 76.8 Å². The number of hydrogen-bond donors (Lipinski definition) is 6. The molecule has 10 aliphatic carbocycles. The van der Waals surface area contributed by atoms with Crippen LogP contribution >= 0.6 is 0 Å². The molecule has 0 spiro atoms. The second kappa shape index (κ2) is 17.7. The molecule has 0 aromatic heterocycles. The summed E-state index contributed by atoms with van der Waals surface area (Å²) in [5, 5.41) is 51.6. The molecule has 12 nitrogen and oxygen atoms in total. The third kappa shape index (κ3) is 7.26. The smallest absolute Gasteiger partial charge is 0.249 e. The maximum atomic E-state index is 14.0. The van der Waals surface area contributed by atoms with Crippen LogP contribution in [0.2, 0.25) is 0 Å². The van der Waals surface area contributed by atoms with E-state index in [1.807, 2.05) is 30.3 Å². The van der Waals surface area contributed by atoms with Gasteiger partial charge in [-0.05, 0) is 169 Å². The molecule has 1 saturated heterocycles. The minimum Gasteiger partial charge on any atom is -0.395 e.